The molecule has 0 unspecified atom stereocenters. The molecule has 2 amide bonds. The molecule has 0 radical (unpaired) electrons. The number of nitrogens with two attached hydrogens (primary N) is 1. The van der Waals surface area contributed by atoms with Crippen LogP contribution < -0.4 is 30.5 Å². The average Bonchev–Trinajstić information content (AvgIpc) is 0.780. The predicted molar refractivity (Wildman–Crippen MR) is 510 cm³/mol. The highest BCUT2D eigenvalue weighted by atomic mass is 35.5. The number of benzene rings is 8. The Morgan fingerprint density at radius 1 is 0.473 bits per heavy atom. The first-order chi connectivity index (χ1) is 63.0. The number of sulfonamides is 2. The van der Waals surface area contributed by atoms with Crippen molar-refractivity contribution in [2.75, 3.05) is 197 Å². The van der Waals surface area contributed by atoms with Crippen molar-refractivity contribution in [3.05, 3.63) is 243 Å². The van der Waals surface area contributed by atoms with Gasteiger partial charge >= 0.3 is 6.03 Å². The van der Waals surface area contributed by atoms with Gasteiger partial charge in [-0.25, -0.2) is 44.3 Å². The smallest absolute Gasteiger partial charge is 0.319 e. The Kier molecular flexibility index (Phi) is 48.1. The normalized spacial score (nSPS) is 15.0. The van der Waals surface area contributed by atoms with Gasteiger partial charge in [0.2, 0.25) is 26.1 Å². The summed E-state index contributed by atoms with van der Waals surface area (Å²) in [5.41, 5.74) is 16.5. The van der Waals surface area contributed by atoms with Crippen molar-refractivity contribution >= 4 is 129 Å². The number of ketones is 1. The van der Waals surface area contributed by atoms with E-state index >= 15 is 0 Å². The Morgan fingerprint density at radius 3 is 1.24 bits per heavy atom. The fourth-order valence-electron chi connectivity index (χ4n) is 14.2. The molecule has 11 rings (SSSR count). The lowest BCUT2D eigenvalue weighted by Gasteiger charge is -2.33. The number of sulfone groups is 1. The number of urea groups is 1. The van der Waals surface area contributed by atoms with Crippen molar-refractivity contribution in [1.82, 2.24) is 29.5 Å². The summed E-state index contributed by atoms with van der Waals surface area (Å²) in [6, 6.07) is 45.6. The van der Waals surface area contributed by atoms with Gasteiger partial charge in [-0.1, -0.05) is 131 Å². The maximum atomic E-state index is 13.1. The van der Waals surface area contributed by atoms with Crippen LogP contribution >= 0.6 is 69.6 Å². The summed E-state index contributed by atoms with van der Waals surface area (Å²) in [7, 11) is -4.84. The van der Waals surface area contributed by atoms with E-state index in [1.165, 1.54) is 12.3 Å². The van der Waals surface area contributed by atoms with Gasteiger partial charge in [0.1, 0.15) is 11.5 Å². The highest BCUT2D eigenvalue weighted by Crippen LogP contribution is 2.43. The molecule has 0 saturated heterocycles. The number of carbonyl (C=O) groups excluding carboxylic acids is 3. The fraction of sp³-hybridized carbons (Fsp3) is 0.441. The minimum atomic E-state index is -3.74. The number of fused-ring (bicyclic) bond motifs is 3. The molecule has 0 bridgehead atoms. The van der Waals surface area contributed by atoms with Crippen molar-refractivity contribution in [2.45, 2.75) is 91.6 Å². The molecule has 3 aliphatic heterocycles. The number of halogens is 6. The Bertz CT molecular complexity index is 5380. The van der Waals surface area contributed by atoms with Gasteiger partial charge in [0, 0.05) is 145 Å². The van der Waals surface area contributed by atoms with E-state index in [-0.39, 0.29) is 71.4 Å². The average molecular weight is 1990 g/mol. The van der Waals surface area contributed by atoms with Crippen molar-refractivity contribution in [3.8, 4) is 12.0 Å². The maximum Gasteiger partial charge on any atom is 0.319 e. The number of Topliss-reactive ketones (excluding diaryl/α,β-unsaturated/α-hetero) is 1. The molecule has 29 nitrogen and oxygen atoms in total. The first kappa shape index (κ1) is 109. The Morgan fingerprint density at radius 2 is 0.847 bits per heavy atom. The fourth-order valence-corrected chi connectivity index (χ4v) is 19.4. The number of aryl methyl sites for hydroxylation is 1. The molecule has 38 heteroatoms. The molecule has 0 fully saturated rings. The quantitative estimate of drug-likeness (QED) is 0.0102. The van der Waals surface area contributed by atoms with Gasteiger partial charge in [0.15, 0.2) is 9.84 Å². The molecular weight excluding hydrogens is 1870 g/mol. The minimum absolute atomic E-state index is 0.00446. The number of nitriles is 1. The molecule has 712 valence electrons. The molecule has 131 heavy (non-hydrogen) atoms. The largest absolute Gasteiger partial charge is 0.388 e. The van der Waals surface area contributed by atoms with Gasteiger partial charge in [-0.2, -0.15) is 4.99 Å². The number of aliphatic imine (C=N–C) groups is 1. The summed E-state index contributed by atoms with van der Waals surface area (Å²) < 4.78 is 136. The number of hydrogen-bond acceptors (Lipinski definition) is 25. The van der Waals surface area contributed by atoms with Gasteiger partial charge in [-0.3, -0.25) is 4.79 Å². The Balaban J connectivity index is 0.000000228. The van der Waals surface area contributed by atoms with E-state index in [1.807, 2.05) is 95.7 Å². The van der Waals surface area contributed by atoms with E-state index < -0.39 is 29.9 Å². The van der Waals surface area contributed by atoms with Crippen LogP contribution in [0.15, 0.2) is 177 Å². The molecule has 3 aliphatic rings. The monoisotopic (exact) mass is 1980 g/mol. The third-order valence-electron chi connectivity index (χ3n) is 20.7. The second-order valence-electron chi connectivity index (χ2n) is 30.7. The van der Waals surface area contributed by atoms with E-state index in [2.05, 4.69) is 44.5 Å². The van der Waals surface area contributed by atoms with Gasteiger partial charge < -0.3 is 78.4 Å². The standard InChI is InChI=1S/C32H40Cl2N4O6S.C29H39Cl2NO6S.C24H33Cl2N3O5S.C8H4N2O2/c1-23-6-8-26(9-7-23)37-32(39)35-10-12-42-14-16-44-17-15-43-13-11-36-45(40,41)27-5-3-4-24(18-27)29-21-38(2)22-30-28(29)19-25(33)20-31(30)34;1-3-24(33)8-5-10-36-12-14-38-15-13-37-11-6-16-39(34,35)25-9-4-7-22(17-25)27-20-32(2)21-28-26(27)18-23(30)19-29(28)31;1-29-16-22(21-14-19(25)15-24(26)23(21)17-29)18-3-2-4-20(13-18)35(30,31)28-6-8-33-10-12-34-11-9-32-7-5-27;9-5-12-8-3-1-7(2-4-8)10-6-11/h3-9,18-20,29,36H,10-17,21-22H2,1-2H3,(H2,35,37,39);4,7,9,17-19,27H,3,5-6,8,10-16,20-21H2,1-2H3;2-4,13-15,22,28H,5-12,16-17,27H2,1H3;1-4H/t29-;27-;22-;/m000./s1. The highest BCUT2D eigenvalue weighted by molar-refractivity contribution is 7.91. The van der Waals surface area contributed by atoms with Gasteiger partial charge in [0.25, 0.3) is 6.26 Å². The van der Waals surface area contributed by atoms with Crippen LogP contribution in [0.1, 0.15) is 106 Å². The number of carbonyl (C=O) groups is 2. The summed E-state index contributed by atoms with van der Waals surface area (Å²) in [5.74, 6) is 0.547. The lowest BCUT2D eigenvalue weighted by molar-refractivity contribution is -0.119. The van der Waals surface area contributed by atoms with Crippen LogP contribution in [0.2, 0.25) is 30.1 Å². The molecule has 8 aromatic rings. The van der Waals surface area contributed by atoms with Crippen LogP contribution in [-0.2, 0) is 102 Å². The number of nitrogens with one attached hydrogen (secondary N) is 4. The zero-order valence-electron chi connectivity index (χ0n) is 74.1. The lowest BCUT2D eigenvalue weighted by Crippen LogP contribution is -2.31. The van der Waals surface area contributed by atoms with Gasteiger partial charge in [0.05, 0.1) is 132 Å². The van der Waals surface area contributed by atoms with Crippen LogP contribution in [0.3, 0.4) is 0 Å². The number of hydrogen-bond donors (Lipinski definition) is 5. The van der Waals surface area contributed by atoms with Gasteiger partial charge in [-0.05, 0) is 200 Å². The molecular formula is C93H116Cl6N10O19S3. The zero-order chi connectivity index (χ0) is 94.6. The topological polar surface area (TPSA) is 366 Å². The number of isocyanates is 1. The number of rotatable bonds is 49. The number of nitrogens with zero attached hydrogens (tertiary/aromatic N) is 5. The van der Waals surface area contributed by atoms with E-state index in [0.717, 1.165) is 87.4 Å². The van der Waals surface area contributed by atoms with Crippen molar-refractivity contribution < 1.29 is 87.0 Å². The molecule has 0 spiro atoms. The predicted octanol–water partition coefficient (Wildman–Crippen LogP) is 14.9. The number of likely N-dealkylation sites (N-methyl/N-ethyl adjacent to an activating group) is 3. The van der Waals surface area contributed by atoms with E-state index in [1.54, 1.807) is 97.1 Å². The van der Waals surface area contributed by atoms with Crippen LogP contribution in [0, 0.1) is 18.4 Å². The first-order valence-corrected chi connectivity index (χ1v) is 49.7. The Labute approximate surface area is 799 Å². The lowest BCUT2D eigenvalue weighted by atomic mass is 9.85. The molecule has 0 aromatic heterocycles. The first-order valence-electron chi connectivity index (χ1n) is 42.8. The third kappa shape index (κ3) is 37.9. The summed E-state index contributed by atoms with van der Waals surface area (Å²) >= 11 is 38.3. The second kappa shape index (κ2) is 57.9. The highest BCUT2D eigenvalue weighted by Gasteiger charge is 2.32. The van der Waals surface area contributed by atoms with Crippen molar-refractivity contribution in [1.29, 1.82) is 5.26 Å². The SMILES string of the molecule is CCC(=O)CCCOCCOCCOCCCS(=O)(=O)c1cccc([C@@H]2CN(C)Cc3c(Cl)cc(Cl)cc32)c1.CN1Cc2c(Cl)cc(Cl)cc2[C@H](c2cccc(S(=O)(=O)NCCOCCOCCOCCN)c2)C1.Cc1ccc(NC(=O)NCCOCCOCCOCCNS(=O)(=O)c2cccc([C@@H]3CN(C)Cc4c(Cl)cc(Cl)cc43)c2)cc1.N#COc1ccc(N=C=O)cc1. The van der Waals surface area contributed by atoms with Crippen molar-refractivity contribution in [2.24, 2.45) is 10.7 Å². The third-order valence-corrected chi connectivity index (χ3v) is 27.0. The van der Waals surface area contributed by atoms with E-state index in [9.17, 15) is 39.6 Å². The molecule has 0 saturated carbocycles. The summed E-state index contributed by atoms with van der Waals surface area (Å²) in [5, 5.41) is 17.2. The Hall–Kier alpha value is -7.64. The van der Waals surface area contributed by atoms with E-state index in [4.69, 9.17) is 123 Å². The van der Waals surface area contributed by atoms with Crippen molar-refractivity contribution in [3.63, 3.8) is 0 Å². The van der Waals surface area contributed by atoms with Gasteiger partial charge in [-0.15, -0.1) is 5.26 Å². The molecule has 3 atom stereocenters. The molecule has 3 heterocycles. The second-order valence-corrected chi connectivity index (χ2v) is 38.9. The molecule has 8 aromatic carbocycles. The summed E-state index contributed by atoms with van der Waals surface area (Å²) in [6.07, 6.45) is 5.19. The molecule has 0 aliphatic carbocycles. The zero-order valence-corrected chi connectivity index (χ0v) is 81.1. The maximum absolute atomic E-state index is 13.1. The number of anilines is 1. The number of ether oxygens (including phenoxy) is 10. The van der Waals surface area contributed by atoms with Crippen LogP contribution in [0.4, 0.5) is 16.2 Å². The number of amides is 2. The van der Waals surface area contributed by atoms with Crippen LogP contribution in [-0.4, -0.2) is 249 Å². The van der Waals surface area contributed by atoms with Crippen LogP contribution in [0.5, 0.6) is 5.75 Å². The summed E-state index contributed by atoms with van der Waals surface area (Å²) in [4.78, 5) is 43.5. The molecule has 6 N–H and O–H groups in total. The summed E-state index contributed by atoms with van der Waals surface area (Å²) in [6.45, 7) is 16.4. The van der Waals surface area contributed by atoms with Crippen LogP contribution in [0.25, 0.3) is 0 Å². The minimum Gasteiger partial charge on any atom is -0.388 e. The van der Waals surface area contributed by atoms with E-state index in [0.29, 0.717) is 204 Å².